The van der Waals surface area contributed by atoms with Crippen LogP contribution in [0.2, 0.25) is 0 Å². The molecule has 0 aromatic heterocycles. The zero-order valence-corrected chi connectivity index (χ0v) is 9.87. The fourth-order valence-electron chi connectivity index (χ4n) is 1.62. The van der Waals surface area contributed by atoms with Gasteiger partial charge in [-0.15, -0.1) is 0 Å². The maximum absolute atomic E-state index is 12.0. The fourth-order valence-corrected chi connectivity index (χ4v) is 1.62. The van der Waals surface area contributed by atoms with E-state index in [1.54, 1.807) is 0 Å². The first-order valence-electron chi connectivity index (χ1n) is 5.30. The van der Waals surface area contributed by atoms with Gasteiger partial charge in [0.1, 0.15) is 0 Å². The maximum Gasteiger partial charge on any atom is 0.167 e. The molecule has 2 atom stereocenters. The highest BCUT2D eigenvalue weighted by Crippen LogP contribution is 2.15. The lowest BCUT2D eigenvalue weighted by atomic mass is 9.92. The van der Waals surface area contributed by atoms with E-state index in [0.717, 1.165) is 16.7 Å². The highest BCUT2D eigenvalue weighted by Gasteiger charge is 2.18. The fraction of sp³-hybridized carbons (Fsp3) is 0.462. The molecule has 1 aromatic carbocycles. The van der Waals surface area contributed by atoms with Crippen molar-refractivity contribution in [2.45, 2.75) is 33.7 Å². The number of hydrogen-bond acceptors (Lipinski definition) is 2. The molecular weight excluding hydrogens is 186 g/mol. The third-order valence-corrected chi connectivity index (χ3v) is 2.71. The van der Waals surface area contributed by atoms with E-state index in [2.05, 4.69) is 6.07 Å². The van der Waals surface area contributed by atoms with Gasteiger partial charge in [-0.1, -0.05) is 24.1 Å². The van der Waals surface area contributed by atoms with E-state index < -0.39 is 0 Å². The normalized spacial score (nSPS) is 14.7. The van der Waals surface area contributed by atoms with Crippen molar-refractivity contribution >= 4 is 5.78 Å². The Morgan fingerprint density at radius 3 is 2.00 bits per heavy atom. The van der Waals surface area contributed by atoms with E-state index in [9.17, 15) is 4.79 Å². The minimum absolute atomic E-state index is 0.0988. The van der Waals surface area contributed by atoms with Crippen molar-refractivity contribution in [3.8, 4) is 0 Å². The van der Waals surface area contributed by atoms with Crippen LogP contribution in [-0.2, 0) is 0 Å². The van der Waals surface area contributed by atoms with Crippen molar-refractivity contribution in [2.75, 3.05) is 0 Å². The van der Waals surface area contributed by atoms with Gasteiger partial charge in [0.2, 0.25) is 0 Å². The molecule has 82 valence electrons. The van der Waals surface area contributed by atoms with Crippen LogP contribution in [0.4, 0.5) is 0 Å². The molecule has 2 heteroatoms. The number of hydrogen-bond donors (Lipinski definition) is 1. The van der Waals surface area contributed by atoms with Crippen LogP contribution in [0.25, 0.3) is 0 Å². The first-order valence-corrected chi connectivity index (χ1v) is 5.30. The van der Waals surface area contributed by atoms with E-state index in [1.807, 2.05) is 39.8 Å². The summed E-state index contributed by atoms with van der Waals surface area (Å²) >= 11 is 0. The molecule has 0 heterocycles. The molecule has 0 aliphatic rings. The summed E-state index contributed by atoms with van der Waals surface area (Å²) in [6, 6.07) is 5.81. The zero-order valence-electron chi connectivity index (χ0n) is 9.87. The first kappa shape index (κ1) is 11.9. The molecule has 2 nitrogen and oxygen atoms in total. The average Bonchev–Trinajstić information content (AvgIpc) is 2.13. The summed E-state index contributed by atoms with van der Waals surface area (Å²) in [6.45, 7) is 7.75. The van der Waals surface area contributed by atoms with E-state index >= 15 is 0 Å². The molecule has 0 saturated carbocycles. The van der Waals surface area contributed by atoms with Gasteiger partial charge in [0.15, 0.2) is 5.78 Å². The molecule has 0 saturated heterocycles. The molecule has 2 unspecified atom stereocenters. The number of Topliss-reactive ketones (excluding diaryl/α,β-unsaturated/α-hetero) is 1. The molecule has 0 bridgehead atoms. The number of aryl methyl sites for hydroxylation is 2. The summed E-state index contributed by atoms with van der Waals surface area (Å²) in [4.78, 5) is 12.0. The second-order valence-electron chi connectivity index (χ2n) is 4.39. The van der Waals surface area contributed by atoms with Gasteiger partial charge in [0.05, 0.1) is 0 Å². The van der Waals surface area contributed by atoms with Crippen LogP contribution in [0.5, 0.6) is 0 Å². The lowest BCUT2D eigenvalue weighted by molar-refractivity contribution is 0.0917. The van der Waals surface area contributed by atoms with Crippen molar-refractivity contribution < 1.29 is 4.79 Å². The Labute approximate surface area is 91.5 Å². The number of nitrogens with two attached hydrogens (primary N) is 1. The van der Waals surface area contributed by atoms with Gasteiger partial charge in [-0.25, -0.2) is 0 Å². The van der Waals surface area contributed by atoms with Crippen LogP contribution < -0.4 is 5.73 Å². The van der Waals surface area contributed by atoms with Crippen LogP contribution in [-0.4, -0.2) is 11.8 Å². The van der Waals surface area contributed by atoms with Crippen LogP contribution in [0.15, 0.2) is 18.2 Å². The van der Waals surface area contributed by atoms with Gasteiger partial charge >= 0.3 is 0 Å². The molecule has 0 radical (unpaired) electrons. The number of rotatable bonds is 3. The second kappa shape index (κ2) is 4.58. The highest BCUT2D eigenvalue weighted by atomic mass is 16.1. The molecule has 1 rings (SSSR count). The van der Waals surface area contributed by atoms with Crippen LogP contribution in [0, 0.1) is 19.8 Å². The van der Waals surface area contributed by atoms with Gasteiger partial charge < -0.3 is 5.73 Å². The molecule has 1 aromatic rings. The van der Waals surface area contributed by atoms with Gasteiger partial charge in [-0.05, 0) is 32.9 Å². The maximum atomic E-state index is 12.0. The summed E-state index contributed by atoms with van der Waals surface area (Å²) in [7, 11) is 0. The Morgan fingerprint density at radius 1 is 1.13 bits per heavy atom. The van der Waals surface area contributed by atoms with Crippen LogP contribution in [0.3, 0.4) is 0 Å². The standard InChI is InChI=1S/C13H19NO/c1-8-5-9(2)7-12(6-8)13(15)10(3)11(4)14/h5-7,10-11H,14H2,1-4H3. The van der Waals surface area contributed by atoms with Gasteiger partial charge in [0, 0.05) is 17.5 Å². The zero-order chi connectivity index (χ0) is 11.6. The topological polar surface area (TPSA) is 43.1 Å². The van der Waals surface area contributed by atoms with E-state index in [1.165, 1.54) is 0 Å². The van der Waals surface area contributed by atoms with E-state index in [-0.39, 0.29) is 17.7 Å². The summed E-state index contributed by atoms with van der Waals surface area (Å²) < 4.78 is 0. The van der Waals surface area contributed by atoms with Crippen molar-refractivity contribution in [1.29, 1.82) is 0 Å². The van der Waals surface area contributed by atoms with Gasteiger partial charge in [-0.3, -0.25) is 4.79 Å². The Balaban J connectivity index is 3.01. The van der Waals surface area contributed by atoms with Crippen molar-refractivity contribution in [2.24, 2.45) is 11.7 Å². The summed E-state index contributed by atoms with van der Waals surface area (Å²) in [5.41, 5.74) is 8.75. The Hall–Kier alpha value is -1.15. The molecule has 2 N–H and O–H groups in total. The summed E-state index contributed by atoms with van der Waals surface area (Å²) in [5.74, 6) is 0.0167. The Morgan fingerprint density at radius 2 is 1.60 bits per heavy atom. The molecular formula is C13H19NO. The highest BCUT2D eigenvalue weighted by molar-refractivity contribution is 5.98. The second-order valence-corrected chi connectivity index (χ2v) is 4.39. The quantitative estimate of drug-likeness (QED) is 0.770. The molecule has 0 aliphatic heterocycles. The number of carbonyl (C=O) groups is 1. The van der Waals surface area contributed by atoms with Crippen molar-refractivity contribution in [3.05, 3.63) is 34.9 Å². The van der Waals surface area contributed by atoms with Gasteiger partial charge in [-0.2, -0.15) is 0 Å². The minimum atomic E-state index is -0.119. The summed E-state index contributed by atoms with van der Waals surface area (Å²) in [6.07, 6.45) is 0. The molecule has 15 heavy (non-hydrogen) atoms. The van der Waals surface area contributed by atoms with E-state index in [4.69, 9.17) is 5.73 Å². The van der Waals surface area contributed by atoms with Gasteiger partial charge in [0.25, 0.3) is 0 Å². The first-order chi connectivity index (χ1) is 6.91. The molecule has 0 fully saturated rings. The Bertz CT molecular complexity index is 349. The summed E-state index contributed by atoms with van der Waals surface area (Å²) in [5, 5.41) is 0. The Kier molecular flexibility index (Phi) is 3.64. The third kappa shape index (κ3) is 2.90. The smallest absolute Gasteiger partial charge is 0.167 e. The monoisotopic (exact) mass is 205 g/mol. The average molecular weight is 205 g/mol. The van der Waals surface area contributed by atoms with Crippen molar-refractivity contribution in [3.63, 3.8) is 0 Å². The third-order valence-electron chi connectivity index (χ3n) is 2.71. The number of carbonyl (C=O) groups excluding carboxylic acids is 1. The predicted octanol–water partition coefficient (Wildman–Crippen LogP) is 2.47. The van der Waals surface area contributed by atoms with E-state index in [0.29, 0.717) is 0 Å². The predicted molar refractivity (Wildman–Crippen MR) is 63.1 cm³/mol. The number of ketones is 1. The minimum Gasteiger partial charge on any atom is -0.327 e. The number of benzene rings is 1. The molecule has 0 aliphatic carbocycles. The molecule has 0 spiro atoms. The van der Waals surface area contributed by atoms with Crippen LogP contribution >= 0.6 is 0 Å². The molecule has 0 amide bonds. The lowest BCUT2D eigenvalue weighted by Gasteiger charge is -2.14. The SMILES string of the molecule is Cc1cc(C)cc(C(=O)C(C)C(C)N)c1. The van der Waals surface area contributed by atoms with Crippen LogP contribution in [0.1, 0.15) is 35.3 Å². The largest absolute Gasteiger partial charge is 0.327 e. The lowest BCUT2D eigenvalue weighted by Crippen LogP contribution is -2.30. The van der Waals surface area contributed by atoms with Crippen molar-refractivity contribution in [1.82, 2.24) is 0 Å².